The Bertz CT molecular complexity index is 1090. The normalized spacial score (nSPS) is 13.9. The van der Waals surface area contributed by atoms with E-state index in [-0.39, 0.29) is 17.4 Å². The lowest BCUT2D eigenvalue weighted by molar-refractivity contribution is -0.113. The average molecular weight is 476 g/mol. The predicted octanol–water partition coefficient (Wildman–Crippen LogP) is 3.74. The summed E-state index contributed by atoms with van der Waals surface area (Å²) < 4.78 is 36.3. The molecule has 0 saturated carbocycles. The van der Waals surface area contributed by atoms with E-state index in [1.165, 1.54) is 36.0 Å². The molecule has 0 unspecified atom stereocenters. The highest BCUT2D eigenvalue weighted by molar-refractivity contribution is 7.99. The van der Waals surface area contributed by atoms with Gasteiger partial charge in [-0.1, -0.05) is 23.9 Å². The molecular formula is C22H23F2N5O3S. The zero-order valence-corrected chi connectivity index (χ0v) is 18.7. The van der Waals surface area contributed by atoms with Gasteiger partial charge in [0.15, 0.2) is 5.16 Å². The van der Waals surface area contributed by atoms with E-state index in [1.54, 1.807) is 0 Å². The molecule has 1 amide bonds. The van der Waals surface area contributed by atoms with Crippen molar-refractivity contribution in [2.75, 3.05) is 42.3 Å². The Balaban J connectivity index is 1.47. The summed E-state index contributed by atoms with van der Waals surface area (Å²) in [5.74, 6) is 0.581. The fourth-order valence-electron chi connectivity index (χ4n) is 3.36. The van der Waals surface area contributed by atoms with E-state index < -0.39 is 6.61 Å². The molecule has 8 nitrogen and oxygen atoms in total. The van der Waals surface area contributed by atoms with Crippen LogP contribution in [-0.4, -0.2) is 59.3 Å². The average Bonchev–Trinajstić information content (AvgIpc) is 3.23. The van der Waals surface area contributed by atoms with Gasteiger partial charge in [0, 0.05) is 18.8 Å². The number of alkyl halides is 2. The summed E-state index contributed by atoms with van der Waals surface area (Å²) in [7, 11) is 0. The Hall–Kier alpha value is -3.18. The van der Waals surface area contributed by atoms with Gasteiger partial charge >= 0.3 is 6.61 Å². The van der Waals surface area contributed by atoms with Crippen molar-refractivity contribution in [1.82, 2.24) is 14.8 Å². The number of amides is 1. The van der Waals surface area contributed by atoms with Gasteiger partial charge in [-0.25, -0.2) is 0 Å². The van der Waals surface area contributed by atoms with Crippen molar-refractivity contribution in [3.05, 3.63) is 54.1 Å². The second kappa shape index (κ2) is 10.6. The Morgan fingerprint density at radius 3 is 2.64 bits per heavy atom. The number of hydrogen-bond acceptors (Lipinski definition) is 7. The van der Waals surface area contributed by atoms with Crippen LogP contribution >= 0.6 is 11.8 Å². The summed E-state index contributed by atoms with van der Waals surface area (Å²) in [4.78, 5) is 14.6. The summed E-state index contributed by atoms with van der Waals surface area (Å²) in [6.07, 6.45) is 0. The molecular weight excluding hydrogens is 452 g/mol. The standard InChI is InChI=1S/C22H23F2N5O3S/c1-15-3-2-4-17(13-15)29-21(28-9-11-31-12-10-28)26-27-22(29)33-14-19(30)25-16-5-7-18(8-6-16)32-20(23)24/h2-8,13,20H,9-12,14H2,1H3,(H,25,30). The second-order valence-corrected chi connectivity index (χ2v) is 8.24. The molecule has 1 aliphatic heterocycles. The maximum atomic E-state index is 12.5. The number of hydrogen-bond donors (Lipinski definition) is 1. The number of ether oxygens (including phenoxy) is 2. The molecule has 11 heteroatoms. The Kier molecular flexibility index (Phi) is 7.40. The van der Waals surface area contributed by atoms with Gasteiger partial charge in [-0.15, -0.1) is 10.2 Å². The van der Waals surface area contributed by atoms with E-state index in [2.05, 4.69) is 25.2 Å². The molecule has 0 radical (unpaired) electrons. The Morgan fingerprint density at radius 1 is 1.18 bits per heavy atom. The highest BCUT2D eigenvalue weighted by Gasteiger charge is 2.22. The molecule has 0 bridgehead atoms. The van der Waals surface area contributed by atoms with Gasteiger partial charge in [0.2, 0.25) is 11.9 Å². The van der Waals surface area contributed by atoms with Gasteiger partial charge in [0.1, 0.15) is 5.75 Å². The van der Waals surface area contributed by atoms with Crippen LogP contribution in [0.4, 0.5) is 20.4 Å². The van der Waals surface area contributed by atoms with Crippen LogP contribution in [0.1, 0.15) is 5.56 Å². The second-order valence-electron chi connectivity index (χ2n) is 7.30. The van der Waals surface area contributed by atoms with Crippen molar-refractivity contribution in [3.63, 3.8) is 0 Å². The van der Waals surface area contributed by atoms with E-state index in [0.29, 0.717) is 43.1 Å². The van der Waals surface area contributed by atoms with Crippen molar-refractivity contribution >= 4 is 29.3 Å². The number of anilines is 2. The summed E-state index contributed by atoms with van der Waals surface area (Å²) in [6.45, 7) is 1.77. The van der Waals surface area contributed by atoms with Crippen molar-refractivity contribution < 1.29 is 23.0 Å². The molecule has 33 heavy (non-hydrogen) atoms. The van der Waals surface area contributed by atoms with E-state index in [4.69, 9.17) is 4.74 Å². The van der Waals surface area contributed by atoms with Crippen molar-refractivity contribution in [2.24, 2.45) is 0 Å². The number of benzene rings is 2. The zero-order valence-electron chi connectivity index (χ0n) is 17.9. The largest absolute Gasteiger partial charge is 0.435 e. The number of halogens is 2. The monoisotopic (exact) mass is 475 g/mol. The highest BCUT2D eigenvalue weighted by Crippen LogP contribution is 2.28. The number of nitrogens with zero attached hydrogens (tertiary/aromatic N) is 4. The first-order valence-electron chi connectivity index (χ1n) is 10.3. The van der Waals surface area contributed by atoms with Gasteiger partial charge in [-0.3, -0.25) is 9.36 Å². The minimum absolute atomic E-state index is 0.0271. The maximum Gasteiger partial charge on any atom is 0.387 e. The molecule has 0 spiro atoms. The van der Waals surface area contributed by atoms with Crippen LogP contribution in [0.25, 0.3) is 5.69 Å². The lowest BCUT2D eigenvalue weighted by atomic mass is 10.2. The van der Waals surface area contributed by atoms with Gasteiger partial charge in [-0.05, 0) is 48.9 Å². The third-order valence-corrected chi connectivity index (χ3v) is 5.79. The number of thioether (sulfide) groups is 1. The van der Waals surface area contributed by atoms with E-state index >= 15 is 0 Å². The first-order chi connectivity index (χ1) is 16.0. The number of carbonyl (C=O) groups is 1. The van der Waals surface area contributed by atoms with Crippen molar-refractivity contribution in [2.45, 2.75) is 18.7 Å². The molecule has 1 aliphatic rings. The number of carbonyl (C=O) groups excluding carboxylic acids is 1. The van der Waals surface area contributed by atoms with E-state index in [9.17, 15) is 13.6 Å². The molecule has 1 fully saturated rings. The van der Waals surface area contributed by atoms with E-state index in [0.717, 1.165) is 11.3 Å². The minimum Gasteiger partial charge on any atom is -0.435 e. The molecule has 2 heterocycles. The molecule has 1 N–H and O–H groups in total. The van der Waals surface area contributed by atoms with Crippen LogP contribution in [0.2, 0.25) is 0 Å². The number of rotatable bonds is 8. The molecule has 2 aromatic carbocycles. The maximum absolute atomic E-state index is 12.5. The number of aromatic nitrogens is 3. The van der Waals surface area contributed by atoms with Crippen LogP contribution in [0.3, 0.4) is 0 Å². The van der Waals surface area contributed by atoms with Crippen molar-refractivity contribution in [1.29, 1.82) is 0 Å². The molecule has 1 saturated heterocycles. The number of morpholine rings is 1. The summed E-state index contributed by atoms with van der Waals surface area (Å²) in [5, 5.41) is 12.1. The molecule has 1 aromatic heterocycles. The zero-order chi connectivity index (χ0) is 23.2. The highest BCUT2D eigenvalue weighted by atomic mass is 32.2. The fraction of sp³-hybridized carbons (Fsp3) is 0.318. The van der Waals surface area contributed by atoms with Gasteiger partial charge in [0.05, 0.1) is 24.7 Å². The molecule has 0 atom stereocenters. The van der Waals surface area contributed by atoms with Crippen LogP contribution in [0.5, 0.6) is 5.75 Å². The third kappa shape index (κ3) is 5.99. The van der Waals surface area contributed by atoms with Crippen molar-refractivity contribution in [3.8, 4) is 11.4 Å². The van der Waals surface area contributed by atoms with Crippen LogP contribution in [-0.2, 0) is 9.53 Å². The topological polar surface area (TPSA) is 81.5 Å². The van der Waals surface area contributed by atoms with Gasteiger partial charge in [-0.2, -0.15) is 8.78 Å². The first-order valence-corrected chi connectivity index (χ1v) is 11.3. The number of aryl methyl sites for hydroxylation is 1. The third-order valence-electron chi connectivity index (χ3n) is 4.87. The quantitative estimate of drug-likeness (QED) is 0.497. The molecule has 4 rings (SSSR count). The van der Waals surface area contributed by atoms with Gasteiger partial charge in [0.25, 0.3) is 0 Å². The molecule has 174 valence electrons. The summed E-state index contributed by atoms with van der Waals surface area (Å²) in [6, 6.07) is 13.8. The van der Waals surface area contributed by atoms with Gasteiger partial charge < -0.3 is 19.7 Å². The smallest absolute Gasteiger partial charge is 0.387 e. The molecule has 3 aromatic rings. The Labute approximate surface area is 193 Å². The fourth-order valence-corrected chi connectivity index (χ4v) is 4.11. The predicted molar refractivity (Wildman–Crippen MR) is 122 cm³/mol. The summed E-state index contributed by atoms with van der Waals surface area (Å²) in [5.41, 5.74) is 2.50. The van der Waals surface area contributed by atoms with Crippen LogP contribution in [0, 0.1) is 6.92 Å². The van der Waals surface area contributed by atoms with E-state index in [1.807, 2.05) is 35.8 Å². The SMILES string of the molecule is Cc1cccc(-n2c(SCC(=O)Nc3ccc(OC(F)F)cc3)nnc2N2CCOCC2)c1. The lowest BCUT2D eigenvalue weighted by Gasteiger charge is -2.28. The first kappa shape index (κ1) is 23.0. The lowest BCUT2D eigenvalue weighted by Crippen LogP contribution is -2.37. The minimum atomic E-state index is -2.89. The number of nitrogens with one attached hydrogen (secondary N) is 1. The summed E-state index contributed by atoms with van der Waals surface area (Å²) >= 11 is 1.27. The van der Waals surface area contributed by atoms with Crippen LogP contribution < -0.4 is 15.0 Å². The Morgan fingerprint density at radius 2 is 1.94 bits per heavy atom. The molecule has 0 aliphatic carbocycles. The van der Waals surface area contributed by atoms with Crippen LogP contribution in [0.15, 0.2) is 53.7 Å².